The van der Waals surface area contributed by atoms with Gasteiger partial charge in [-0.1, -0.05) is 32.1 Å². The zero-order valence-corrected chi connectivity index (χ0v) is 12.9. The van der Waals surface area contributed by atoms with E-state index in [4.69, 9.17) is 4.74 Å². The molecule has 0 aliphatic heterocycles. The molecule has 0 aromatic heterocycles. The first kappa shape index (κ1) is 16.3. The number of ether oxygens (including phenoxy) is 1. The van der Waals surface area contributed by atoms with Crippen LogP contribution >= 0.6 is 0 Å². The van der Waals surface area contributed by atoms with Gasteiger partial charge in [-0.3, -0.25) is 0 Å². The molecule has 112 valence electrons. The Morgan fingerprint density at radius 3 is 2.32 bits per heavy atom. The highest BCUT2D eigenvalue weighted by atomic mass is 32.2. The SMILES string of the molecule is CC(C)(C)OC(=O)NS(=O)(=O)CCC1CCCCC1. The van der Waals surface area contributed by atoms with E-state index < -0.39 is 21.7 Å². The van der Waals surface area contributed by atoms with Crippen molar-refractivity contribution in [2.45, 2.75) is 64.9 Å². The van der Waals surface area contributed by atoms with Crippen molar-refractivity contribution in [3.63, 3.8) is 0 Å². The number of amides is 1. The van der Waals surface area contributed by atoms with Gasteiger partial charge in [0.15, 0.2) is 0 Å². The molecule has 0 aromatic rings. The molecule has 6 heteroatoms. The van der Waals surface area contributed by atoms with Crippen LogP contribution in [0.25, 0.3) is 0 Å². The molecule has 1 fully saturated rings. The van der Waals surface area contributed by atoms with Crippen molar-refractivity contribution in [3.8, 4) is 0 Å². The largest absolute Gasteiger partial charge is 0.443 e. The van der Waals surface area contributed by atoms with Gasteiger partial charge in [-0.25, -0.2) is 17.9 Å². The van der Waals surface area contributed by atoms with Crippen molar-refractivity contribution in [1.29, 1.82) is 0 Å². The van der Waals surface area contributed by atoms with E-state index in [2.05, 4.69) is 0 Å². The molecular weight excluding hydrogens is 266 g/mol. The predicted octanol–water partition coefficient (Wildman–Crippen LogP) is 2.81. The molecule has 0 unspecified atom stereocenters. The molecule has 1 rings (SSSR count). The van der Waals surface area contributed by atoms with Crippen LogP contribution < -0.4 is 4.72 Å². The summed E-state index contributed by atoms with van der Waals surface area (Å²) in [6, 6.07) is 0. The average Bonchev–Trinajstić information content (AvgIpc) is 2.24. The third kappa shape index (κ3) is 7.40. The molecule has 5 nitrogen and oxygen atoms in total. The minimum absolute atomic E-state index is 0.00307. The first-order chi connectivity index (χ1) is 8.68. The number of carbonyl (C=O) groups excluding carboxylic acids is 1. The van der Waals surface area contributed by atoms with Gasteiger partial charge in [0.05, 0.1) is 5.75 Å². The number of carbonyl (C=O) groups is 1. The standard InChI is InChI=1S/C13H25NO4S/c1-13(2,3)18-12(15)14-19(16,17)10-9-11-7-5-4-6-8-11/h11H,4-10H2,1-3H3,(H,14,15). The Labute approximate surface area is 116 Å². The summed E-state index contributed by atoms with van der Waals surface area (Å²) in [4.78, 5) is 11.4. The van der Waals surface area contributed by atoms with Crippen LogP contribution in [-0.4, -0.2) is 25.9 Å². The minimum Gasteiger partial charge on any atom is -0.443 e. The summed E-state index contributed by atoms with van der Waals surface area (Å²) in [6.45, 7) is 5.09. The van der Waals surface area contributed by atoms with E-state index >= 15 is 0 Å². The van der Waals surface area contributed by atoms with Crippen molar-refractivity contribution in [2.75, 3.05) is 5.75 Å². The number of nitrogens with one attached hydrogen (secondary N) is 1. The summed E-state index contributed by atoms with van der Waals surface area (Å²) in [5, 5.41) is 0. The molecule has 0 atom stereocenters. The fraction of sp³-hybridized carbons (Fsp3) is 0.923. The Bertz CT molecular complexity index is 391. The Balaban J connectivity index is 2.36. The molecule has 1 aliphatic carbocycles. The third-order valence-corrected chi connectivity index (χ3v) is 4.41. The Morgan fingerprint density at radius 2 is 1.79 bits per heavy atom. The molecule has 0 bridgehead atoms. The second kappa shape index (κ2) is 6.59. The van der Waals surface area contributed by atoms with Crippen molar-refractivity contribution in [1.82, 2.24) is 4.72 Å². The van der Waals surface area contributed by atoms with Gasteiger partial charge >= 0.3 is 6.09 Å². The van der Waals surface area contributed by atoms with Crippen LogP contribution in [0.2, 0.25) is 0 Å². The second-order valence-corrected chi connectivity index (χ2v) is 8.06. The average molecular weight is 291 g/mol. The third-order valence-electron chi connectivity index (χ3n) is 3.16. The lowest BCUT2D eigenvalue weighted by molar-refractivity contribution is 0.0570. The van der Waals surface area contributed by atoms with Gasteiger partial charge < -0.3 is 4.74 Å². The summed E-state index contributed by atoms with van der Waals surface area (Å²) in [6.07, 6.45) is 5.55. The highest BCUT2D eigenvalue weighted by Crippen LogP contribution is 2.26. The summed E-state index contributed by atoms with van der Waals surface area (Å²) >= 11 is 0. The summed E-state index contributed by atoms with van der Waals surface area (Å²) in [5.41, 5.74) is -0.691. The van der Waals surface area contributed by atoms with Crippen LogP contribution in [0.15, 0.2) is 0 Å². The van der Waals surface area contributed by atoms with Crippen LogP contribution in [0.4, 0.5) is 4.79 Å². The normalized spacial score (nSPS) is 18.1. The zero-order chi connectivity index (χ0) is 14.5. The minimum atomic E-state index is -3.58. The molecular formula is C13H25NO4S. The predicted molar refractivity (Wildman–Crippen MR) is 74.3 cm³/mol. The van der Waals surface area contributed by atoms with Gasteiger partial charge in [-0.05, 0) is 33.1 Å². The van der Waals surface area contributed by atoms with E-state index in [0.29, 0.717) is 12.3 Å². The Kier molecular flexibility index (Phi) is 5.64. The van der Waals surface area contributed by atoms with Gasteiger partial charge in [0.2, 0.25) is 10.0 Å². The molecule has 1 amide bonds. The maximum absolute atomic E-state index is 11.8. The maximum Gasteiger partial charge on any atom is 0.421 e. The van der Waals surface area contributed by atoms with E-state index in [9.17, 15) is 13.2 Å². The zero-order valence-electron chi connectivity index (χ0n) is 12.1. The highest BCUT2D eigenvalue weighted by Gasteiger charge is 2.23. The monoisotopic (exact) mass is 291 g/mol. The summed E-state index contributed by atoms with van der Waals surface area (Å²) in [7, 11) is -3.58. The summed E-state index contributed by atoms with van der Waals surface area (Å²) in [5.74, 6) is 0.473. The highest BCUT2D eigenvalue weighted by molar-refractivity contribution is 7.90. The van der Waals surface area contributed by atoms with E-state index in [0.717, 1.165) is 12.8 Å². The fourth-order valence-corrected chi connectivity index (χ4v) is 3.32. The van der Waals surface area contributed by atoms with Gasteiger partial charge in [-0.2, -0.15) is 0 Å². The molecule has 1 N–H and O–H groups in total. The van der Waals surface area contributed by atoms with E-state index in [-0.39, 0.29) is 5.75 Å². The van der Waals surface area contributed by atoms with E-state index in [1.807, 2.05) is 4.72 Å². The van der Waals surface area contributed by atoms with Crippen LogP contribution in [0.5, 0.6) is 0 Å². The number of sulfonamides is 1. The van der Waals surface area contributed by atoms with Crippen molar-refractivity contribution >= 4 is 16.1 Å². The lowest BCUT2D eigenvalue weighted by Gasteiger charge is -2.22. The first-order valence-electron chi connectivity index (χ1n) is 6.91. The van der Waals surface area contributed by atoms with E-state index in [1.165, 1.54) is 19.3 Å². The Morgan fingerprint density at radius 1 is 1.21 bits per heavy atom. The van der Waals surface area contributed by atoms with Gasteiger partial charge in [-0.15, -0.1) is 0 Å². The van der Waals surface area contributed by atoms with Crippen LogP contribution in [0.1, 0.15) is 59.3 Å². The summed E-state index contributed by atoms with van der Waals surface area (Å²) < 4.78 is 30.4. The molecule has 0 heterocycles. The number of rotatable bonds is 4. The van der Waals surface area contributed by atoms with Gasteiger partial charge in [0.1, 0.15) is 5.60 Å². The van der Waals surface area contributed by atoms with Crippen LogP contribution in [-0.2, 0) is 14.8 Å². The van der Waals surface area contributed by atoms with Crippen molar-refractivity contribution in [2.24, 2.45) is 5.92 Å². The maximum atomic E-state index is 11.8. The van der Waals surface area contributed by atoms with Gasteiger partial charge in [0.25, 0.3) is 0 Å². The molecule has 0 saturated heterocycles. The lowest BCUT2D eigenvalue weighted by atomic mass is 9.88. The molecule has 19 heavy (non-hydrogen) atoms. The topological polar surface area (TPSA) is 72.5 Å². The number of hydrogen-bond acceptors (Lipinski definition) is 4. The Hall–Kier alpha value is -0.780. The first-order valence-corrected chi connectivity index (χ1v) is 8.57. The van der Waals surface area contributed by atoms with Crippen LogP contribution in [0, 0.1) is 5.92 Å². The smallest absolute Gasteiger partial charge is 0.421 e. The van der Waals surface area contributed by atoms with Crippen LogP contribution in [0.3, 0.4) is 0 Å². The second-order valence-electron chi connectivity index (χ2n) is 6.22. The van der Waals surface area contributed by atoms with E-state index in [1.54, 1.807) is 20.8 Å². The quantitative estimate of drug-likeness (QED) is 0.864. The molecule has 1 saturated carbocycles. The fourth-order valence-electron chi connectivity index (χ4n) is 2.27. The molecule has 0 spiro atoms. The molecule has 0 radical (unpaired) electrons. The van der Waals surface area contributed by atoms with Crippen molar-refractivity contribution in [3.05, 3.63) is 0 Å². The number of hydrogen-bond donors (Lipinski definition) is 1. The molecule has 1 aliphatic rings. The van der Waals surface area contributed by atoms with Crippen molar-refractivity contribution < 1.29 is 17.9 Å². The molecule has 0 aromatic carbocycles. The lowest BCUT2D eigenvalue weighted by Crippen LogP contribution is -2.37. The van der Waals surface area contributed by atoms with Gasteiger partial charge in [0, 0.05) is 0 Å².